The molecule has 0 aromatic carbocycles. The lowest BCUT2D eigenvalue weighted by atomic mass is 9.88. The second-order valence-electron chi connectivity index (χ2n) is 7.04. The van der Waals surface area contributed by atoms with Gasteiger partial charge in [-0.1, -0.05) is 6.92 Å². The van der Waals surface area contributed by atoms with Crippen LogP contribution in [-0.2, 0) is 12.8 Å². The van der Waals surface area contributed by atoms with E-state index in [9.17, 15) is 9.90 Å². The number of fused-ring (bicyclic) bond motifs is 1. The van der Waals surface area contributed by atoms with E-state index >= 15 is 0 Å². The number of amides is 1. The van der Waals surface area contributed by atoms with E-state index in [4.69, 9.17) is 0 Å². The molecule has 0 saturated carbocycles. The minimum absolute atomic E-state index is 0.180. The first-order chi connectivity index (χ1) is 9.96. The van der Waals surface area contributed by atoms with Crippen molar-refractivity contribution in [2.75, 3.05) is 13.1 Å². The van der Waals surface area contributed by atoms with Gasteiger partial charge in [-0.25, -0.2) is 0 Å². The van der Waals surface area contributed by atoms with Crippen molar-refractivity contribution in [3.63, 3.8) is 0 Å². The summed E-state index contributed by atoms with van der Waals surface area (Å²) in [5, 5.41) is 12.2. The molecule has 1 aromatic heterocycles. The highest BCUT2D eigenvalue weighted by molar-refractivity contribution is 7.10. The first kappa shape index (κ1) is 15.0. The third-order valence-corrected chi connectivity index (χ3v) is 6.03. The molecule has 1 fully saturated rings. The number of nitrogens with zero attached hydrogens (tertiary/aromatic N) is 1. The number of carbonyl (C=O) groups is 1. The highest BCUT2D eigenvalue weighted by atomic mass is 32.1. The van der Waals surface area contributed by atoms with Crippen LogP contribution in [0.1, 0.15) is 60.3 Å². The number of hydrogen-bond acceptors (Lipinski definition) is 3. The van der Waals surface area contributed by atoms with Crippen LogP contribution in [0.5, 0.6) is 0 Å². The third-order valence-electron chi connectivity index (χ3n) is 4.98. The number of aliphatic hydroxyl groups is 1. The van der Waals surface area contributed by atoms with Crippen molar-refractivity contribution in [3.8, 4) is 0 Å². The summed E-state index contributed by atoms with van der Waals surface area (Å²) in [6.45, 7) is 5.62. The molecule has 2 atom stereocenters. The molecule has 1 aromatic rings. The smallest absolute Gasteiger partial charge is 0.254 e. The molecule has 21 heavy (non-hydrogen) atoms. The lowest BCUT2D eigenvalue weighted by molar-refractivity contribution is 0.0438. The van der Waals surface area contributed by atoms with E-state index < -0.39 is 5.60 Å². The summed E-state index contributed by atoms with van der Waals surface area (Å²) in [6.07, 6.45) is 5.73. The quantitative estimate of drug-likeness (QED) is 0.865. The van der Waals surface area contributed by atoms with Crippen molar-refractivity contribution in [1.29, 1.82) is 0 Å². The molecule has 0 spiro atoms. The average molecular weight is 307 g/mol. The summed E-state index contributed by atoms with van der Waals surface area (Å²) >= 11 is 1.76. The van der Waals surface area contributed by atoms with Gasteiger partial charge in [0.05, 0.1) is 11.2 Å². The zero-order valence-corrected chi connectivity index (χ0v) is 13.8. The van der Waals surface area contributed by atoms with Gasteiger partial charge in [-0.3, -0.25) is 4.79 Å². The van der Waals surface area contributed by atoms with Gasteiger partial charge >= 0.3 is 0 Å². The Morgan fingerprint density at radius 1 is 1.43 bits per heavy atom. The number of carbonyl (C=O) groups excluding carboxylic acids is 1. The lowest BCUT2D eigenvalue weighted by Crippen LogP contribution is -2.34. The maximum Gasteiger partial charge on any atom is 0.254 e. The van der Waals surface area contributed by atoms with Gasteiger partial charge in [0.2, 0.25) is 0 Å². The van der Waals surface area contributed by atoms with Crippen molar-refractivity contribution in [1.82, 2.24) is 4.90 Å². The van der Waals surface area contributed by atoms with Gasteiger partial charge in [-0.15, -0.1) is 11.3 Å². The summed E-state index contributed by atoms with van der Waals surface area (Å²) in [4.78, 5) is 16.2. The highest BCUT2D eigenvalue weighted by Gasteiger charge is 2.30. The molecule has 3 nitrogen and oxygen atoms in total. The molecule has 2 heterocycles. The first-order valence-electron chi connectivity index (χ1n) is 8.07. The van der Waals surface area contributed by atoms with E-state index in [-0.39, 0.29) is 5.91 Å². The Hall–Kier alpha value is -0.870. The molecule has 0 bridgehead atoms. The number of hydrogen-bond donors (Lipinski definition) is 1. The largest absolute Gasteiger partial charge is 0.390 e. The highest BCUT2D eigenvalue weighted by Crippen LogP contribution is 2.34. The predicted molar refractivity (Wildman–Crippen MR) is 85.9 cm³/mol. The molecule has 1 amide bonds. The molecule has 3 rings (SSSR count). The van der Waals surface area contributed by atoms with Gasteiger partial charge in [0.25, 0.3) is 5.91 Å². The van der Waals surface area contributed by atoms with Crippen LogP contribution in [-0.4, -0.2) is 34.6 Å². The Kier molecular flexibility index (Phi) is 4.10. The molecule has 2 aliphatic rings. The van der Waals surface area contributed by atoms with Gasteiger partial charge in [0.1, 0.15) is 0 Å². The molecule has 116 valence electrons. The Balaban J connectivity index is 1.77. The van der Waals surface area contributed by atoms with Crippen LogP contribution >= 0.6 is 11.3 Å². The van der Waals surface area contributed by atoms with Gasteiger partial charge in [0.15, 0.2) is 0 Å². The van der Waals surface area contributed by atoms with Crippen molar-refractivity contribution in [2.45, 2.75) is 58.0 Å². The van der Waals surface area contributed by atoms with Crippen LogP contribution in [0.4, 0.5) is 0 Å². The van der Waals surface area contributed by atoms with E-state index in [2.05, 4.69) is 12.3 Å². The maximum atomic E-state index is 12.8. The monoisotopic (exact) mass is 307 g/mol. The number of likely N-dealkylation sites (tertiary alicyclic amines) is 1. The molecule has 1 aliphatic carbocycles. The van der Waals surface area contributed by atoms with Crippen LogP contribution < -0.4 is 0 Å². The summed E-state index contributed by atoms with van der Waals surface area (Å²) in [7, 11) is 0. The molecule has 0 radical (unpaired) electrons. The zero-order chi connectivity index (χ0) is 15.0. The Bertz CT molecular complexity index is 535. The standard InChI is InChI=1S/C17H25NO2S/c1-12-4-5-13-14(11-21-15(13)10-12)16(19)18-8-3-6-17(2,20)7-9-18/h11-12,20H,3-10H2,1-2H3. The van der Waals surface area contributed by atoms with Gasteiger partial charge in [-0.05, 0) is 56.9 Å². The molecular weight excluding hydrogens is 282 g/mol. The molecule has 1 N–H and O–H groups in total. The van der Waals surface area contributed by atoms with Crippen LogP contribution in [0.15, 0.2) is 5.38 Å². The van der Waals surface area contributed by atoms with E-state index in [0.29, 0.717) is 13.0 Å². The molecule has 1 aliphatic heterocycles. The minimum atomic E-state index is -0.613. The van der Waals surface area contributed by atoms with Crippen molar-refractivity contribution >= 4 is 17.2 Å². The Labute approximate surface area is 131 Å². The summed E-state index contributed by atoms with van der Waals surface area (Å²) in [6, 6.07) is 0. The van der Waals surface area contributed by atoms with Crippen LogP contribution in [0.25, 0.3) is 0 Å². The fraction of sp³-hybridized carbons (Fsp3) is 0.706. The number of rotatable bonds is 1. The van der Waals surface area contributed by atoms with E-state index in [0.717, 1.165) is 43.7 Å². The van der Waals surface area contributed by atoms with Gasteiger partial charge in [-0.2, -0.15) is 0 Å². The van der Waals surface area contributed by atoms with E-state index in [1.807, 2.05) is 11.8 Å². The average Bonchev–Trinajstić information content (AvgIpc) is 2.75. The second-order valence-corrected chi connectivity index (χ2v) is 8.01. The summed E-state index contributed by atoms with van der Waals surface area (Å²) < 4.78 is 0. The summed E-state index contributed by atoms with van der Waals surface area (Å²) in [5.41, 5.74) is 1.63. The lowest BCUT2D eigenvalue weighted by Gasteiger charge is -2.24. The SMILES string of the molecule is CC1CCc2c(C(=O)N3CCCC(C)(O)CC3)csc2C1. The van der Waals surface area contributed by atoms with Crippen molar-refractivity contribution in [3.05, 3.63) is 21.4 Å². The first-order valence-corrected chi connectivity index (χ1v) is 8.95. The molecule has 1 saturated heterocycles. The number of thiophene rings is 1. The van der Waals surface area contributed by atoms with Crippen molar-refractivity contribution in [2.24, 2.45) is 5.92 Å². The van der Waals surface area contributed by atoms with Crippen molar-refractivity contribution < 1.29 is 9.90 Å². The predicted octanol–water partition coefficient (Wildman–Crippen LogP) is 3.25. The Morgan fingerprint density at radius 2 is 2.24 bits per heavy atom. The fourth-order valence-electron chi connectivity index (χ4n) is 3.49. The normalized spacial score (nSPS) is 29.9. The fourth-order valence-corrected chi connectivity index (χ4v) is 4.73. The second kappa shape index (κ2) is 5.73. The van der Waals surface area contributed by atoms with Crippen LogP contribution in [0, 0.1) is 5.92 Å². The molecular formula is C17H25NO2S. The van der Waals surface area contributed by atoms with Gasteiger partial charge < -0.3 is 10.0 Å². The summed E-state index contributed by atoms with van der Waals surface area (Å²) in [5.74, 6) is 0.923. The third kappa shape index (κ3) is 3.16. The van der Waals surface area contributed by atoms with E-state index in [1.165, 1.54) is 16.9 Å². The van der Waals surface area contributed by atoms with Gasteiger partial charge in [0, 0.05) is 23.3 Å². The topological polar surface area (TPSA) is 40.5 Å². The van der Waals surface area contributed by atoms with Crippen LogP contribution in [0.3, 0.4) is 0 Å². The molecule has 2 unspecified atom stereocenters. The maximum absolute atomic E-state index is 12.8. The minimum Gasteiger partial charge on any atom is -0.390 e. The van der Waals surface area contributed by atoms with Crippen LogP contribution in [0.2, 0.25) is 0 Å². The molecule has 4 heteroatoms. The van der Waals surface area contributed by atoms with E-state index in [1.54, 1.807) is 11.3 Å². The Morgan fingerprint density at radius 3 is 3.05 bits per heavy atom. The zero-order valence-electron chi connectivity index (χ0n) is 13.0.